The Morgan fingerprint density at radius 1 is 1.43 bits per heavy atom. The topological polar surface area (TPSA) is 52.6 Å². The molecule has 0 saturated heterocycles. The maximum atomic E-state index is 12.1. The quantitative estimate of drug-likeness (QED) is 0.841. The van der Waals surface area contributed by atoms with Crippen molar-refractivity contribution in [3.63, 3.8) is 0 Å². The minimum Gasteiger partial charge on any atom is -0.393 e. The van der Waals surface area contributed by atoms with Crippen LogP contribution in [0.25, 0.3) is 0 Å². The van der Waals surface area contributed by atoms with Gasteiger partial charge in [0.2, 0.25) is 5.91 Å². The molecule has 0 heterocycles. The number of rotatable bonds is 6. The number of carbonyl (C=O) groups is 1. The van der Waals surface area contributed by atoms with Crippen molar-refractivity contribution in [2.75, 3.05) is 20.1 Å². The van der Waals surface area contributed by atoms with Gasteiger partial charge in [0.05, 0.1) is 18.7 Å². The third kappa shape index (κ3) is 4.55. The summed E-state index contributed by atoms with van der Waals surface area (Å²) in [6.07, 6.45) is 1.61. The van der Waals surface area contributed by atoms with Crippen LogP contribution < -0.4 is 5.32 Å². The normalized spacial score (nSPS) is 22.7. The molecule has 1 atom stereocenters. The van der Waals surface area contributed by atoms with Crippen LogP contribution in [0.5, 0.6) is 0 Å². The number of aliphatic hydroxyl groups excluding tert-OH is 1. The average Bonchev–Trinajstić information content (AvgIpc) is 2.36. The Labute approximate surface area is 127 Å². The number of aryl methyl sites for hydroxylation is 1. The molecule has 1 aromatic rings. The molecule has 21 heavy (non-hydrogen) atoms. The fraction of sp³-hybridized carbons (Fsp3) is 0.588. The smallest absolute Gasteiger partial charge is 0.234 e. The van der Waals surface area contributed by atoms with Gasteiger partial charge in [0, 0.05) is 6.54 Å². The molecule has 1 fully saturated rings. The third-order valence-electron chi connectivity index (χ3n) is 4.23. The number of carbonyl (C=O) groups excluding carboxylic acids is 1. The van der Waals surface area contributed by atoms with Gasteiger partial charge in [-0.15, -0.1) is 0 Å². The number of hydrogen-bond acceptors (Lipinski definition) is 3. The van der Waals surface area contributed by atoms with Gasteiger partial charge < -0.3 is 10.4 Å². The second-order valence-corrected chi connectivity index (χ2v) is 6.33. The van der Waals surface area contributed by atoms with Crippen LogP contribution in [0, 0.1) is 12.8 Å². The number of hydrogen-bond donors (Lipinski definition) is 2. The molecule has 0 aliphatic heterocycles. The first-order chi connectivity index (χ1) is 9.95. The van der Waals surface area contributed by atoms with E-state index >= 15 is 0 Å². The van der Waals surface area contributed by atoms with Crippen molar-refractivity contribution in [3.05, 3.63) is 35.4 Å². The number of nitrogens with one attached hydrogen (secondary N) is 1. The van der Waals surface area contributed by atoms with Gasteiger partial charge in [-0.1, -0.05) is 24.3 Å². The van der Waals surface area contributed by atoms with Crippen LogP contribution in [0.15, 0.2) is 24.3 Å². The molecule has 2 rings (SSSR count). The van der Waals surface area contributed by atoms with Gasteiger partial charge >= 0.3 is 0 Å². The highest BCUT2D eigenvalue weighted by atomic mass is 16.3. The SMILES string of the molecule is Cc1ccccc1C(C)NC(=O)CN(C)CC1CC(O)C1. The average molecular weight is 290 g/mol. The lowest BCUT2D eigenvalue weighted by Gasteiger charge is -2.34. The highest BCUT2D eigenvalue weighted by molar-refractivity contribution is 5.78. The van der Waals surface area contributed by atoms with Crippen molar-refractivity contribution in [3.8, 4) is 0 Å². The van der Waals surface area contributed by atoms with Gasteiger partial charge in [-0.2, -0.15) is 0 Å². The van der Waals surface area contributed by atoms with E-state index in [1.54, 1.807) is 0 Å². The molecule has 1 amide bonds. The molecule has 0 spiro atoms. The molecular weight excluding hydrogens is 264 g/mol. The molecule has 2 N–H and O–H groups in total. The first-order valence-corrected chi connectivity index (χ1v) is 7.67. The lowest BCUT2D eigenvalue weighted by Crippen LogP contribution is -2.42. The van der Waals surface area contributed by atoms with Gasteiger partial charge in [0.15, 0.2) is 0 Å². The summed E-state index contributed by atoms with van der Waals surface area (Å²) in [6.45, 7) is 5.36. The summed E-state index contributed by atoms with van der Waals surface area (Å²) >= 11 is 0. The predicted octanol–water partition coefficient (Wildman–Crippen LogP) is 1.87. The third-order valence-corrected chi connectivity index (χ3v) is 4.23. The number of nitrogens with zero attached hydrogens (tertiary/aromatic N) is 1. The van der Waals surface area contributed by atoms with Gasteiger partial charge in [-0.05, 0) is 50.8 Å². The molecule has 0 bridgehead atoms. The van der Waals surface area contributed by atoms with Crippen molar-refractivity contribution < 1.29 is 9.90 Å². The molecule has 0 aromatic heterocycles. The molecule has 4 nitrogen and oxygen atoms in total. The monoisotopic (exact) mass is 290 g/mol. The molecule has 1 aromatic carbocycles. The van der Waals surface area contributed by atoms with Crippen LogP contribution >= 0.6 is 0 Å². The standard InChI is InChI=1S/C17H26N2O2/c1-12-6-4-5-7-16(12)13(2)18-17(21)11-19(3)10-14-8-15(20)9-14/h4-7,13-15,20H,8-11H2,1-3H3,(H,18,21). The van der Waals surface area contributed by atoms with Crippen molar-refractivity contribution >= 4 is 5.91 Å². The summed E-state index contributed by atoms with van der Waals surface area (Å²) in [6, 6.07) is 8.15. The van der Waals surface area contributed by atoms with E-state index in [4.69, 9.17) is 0 Å². The van der Waals surface area contributed by atoms with Gasteiger partial charge in [-0.25, -0.2) is 0 Å². The minimum atomic E-state index is -0.127. The lowest BCUT2D eigenvalue weighted by molar-refractivity contribution is -0.122. The molecule has 1 aliphatic rings. The van der Waals surface area contributed by atoms with Crippen LogP contribution in [0.2, 0.25) is 0 Å². The number of aliphatic hydroxyl groups is 1. The van der Waals surface area contributed by atoms with Crippen molar-refractivity contribution in [2.24, 2.45) is 5.92 Å². The highest BCUT2D eigenvalue weighted by Crippen LogP contribution is 2.27. The Balaban J connectivity index is 1.77. The zero-order chi connectivity index (χ0) is 15.4. The number of likely N-dealkylation sites (N-methyl/N-ethyl adjacent to an activating group) is 1. The molecule has 0 radical (unpaired) electrons. The van der Waals surface area contributed by atoms with E-state index in [1.807, 2.05) is 31.0 Å². The van der Waals surface area contributed by atoms with Gasteiger partial charge in [0.1, 0.15) is 0 Å². The summed E-state index contributed by atoms with van der Waals surface area (Å²) < 4.78 is 0. The summed E-state index contributed by atoms with van der Waals surface area (Å²) in [7, 11) is 1.96. The zero-order valence-corrected chi connectivity index (χ0v) is 13.2. The fourth-order valence-corrected chi connectivity index (χ4v) is 3.04. The lowest BCUT2D eigenvalue weighted by atomic mass is 9.82. The molecule has 4 heteroatoms. The Morgan fingerprint density at radius 3 is 2.71 bits per heavy atom. The second kappa shape index (κ2) is 7.05. The summed E-state index contributed by atoms with van der Waals surface area (Å²) in [5.74, 6) is 0.583. The largest absolute Gasteiger partial charge is 0.393 e. The van der Waals surface area contributed by atoms with Crippen molar-refractivity contribution in [2.45, 2.75) is 38.8 Å². The Morgan fingerprint density at radius 2 is 2.10 bits per heavy atom. The van der Waals surface area contributed by atoms with E-state index in [0.717, 1.165) is 24.9 Å². The zero-order valence-electron chi connectivity index (χ0n) is 13.2. The van der Waals surface area contributed by atoms with Crippen LogP contribution in [-0.4, -0.2) is 42.2 Å². The maximum absolute atomic E-state index is 12.1. The number of amides is 1. The number of benzene rings is 1. The minimum absolute atomic E-state index is 0.0256. The highest BCUT2D eigenvalue weighted by Gasteiger charge is 2.28. The first kappa shape index (κ1) is 16.0. The molecule has 116 valence electrons. The Bertz CT molecular complexity index is 483. The Hall–Kier alpha value is -1.39. The predicted molar refractivity (Wildman–Crippen MR) is 84.0 cm³/mol. The fourth-order valence-electron chi connectivity index (χ4n) is 3.04. The van der Waals surface area contributed by atoms with Crippen molar-refractivity contribution in [1.82, 2.24) is 10.2 Å². The van der Waals surface area contributed by atoms with Crippen LogP contribution in [0.4, 0.5) is 0 Å². The van der Waals surface area contributed by atoms with Gasteiger partial charge in [0.25, 0.3) is 0 Å². The Kier molecular flexibility index (Phi) is 5.37. The van der Waals surface area contributed by atoms with E-state index in [1.165, 1.54) is 5.56 Å². The van der Waals surface area contributed by atoms with Gasteiger partial charge in [-0.3, -0.25) is 9.69 Å². The molecular formula is C17H26N2O2. The van der Waals surface area contributed by atoms with E-state index in [0.29, 0.717) is 12.5 Å². The van der Waals surface area contributed by atoms with Crippen molar-refractivity contribution in [1.29, 1.82) is 0 Å². The van der Waals surface area contributed by atoms with Crippen LogP contribution in [0.3, 0.4) is 0 Å². The second-order valence-electron chi connectivity index (χ2n) is 6.33. The summed E-state index contributed by atoms with van der Waals surface area (Å²) in [5.41, 5.74) is 2.36. The van der Waals surface area contributed by atoms with Crippen LogP contribution in [0.1, 0.15) is 36.9 Å². The summed E-state index contributed by atoms with van der Waals surface area (Å²) in [5, 5.41) is 12.3. The summed E-state index contributed by atoms with van der Waals surface area (Å²) in [4.78, 5) is 14.1. The van der Waals surface area contributed by atoms with E-state index in [2.05, 4.69) is 24.4 Å². The molecule has 1 unspecified atom stereocenters. The van der Waals surface area contributed by atoms with Crippen LogP contribution in [-0.2, 0) is 4.79 Å². The maximum Gasteiger partial charge on any atom is 0.234 e. The van der Waals surface area contributed by atoms with E-state index in [9.17, 15) is 9.90 Å². The van der Waals surface area contributed by atoms with E-state index in [-0.39, 0.29) is 18.1 Å². The first-order valence-electron chi connectivity index (χ1n) is 7.67. The molecule has 1 saturated carbocycles. The van der Waals surface area contributed by atoms with E-state index < -0.39 is 0 Å². The molecule has 1 aliphatic carbocycles.